The fraction of sp³-hybridized carbons (Fsp3) is 0.333. The van der Waals surface area contributed by atoms with Gasteiger partial charge in [0.15, 0.2) is 4.80 Å². The fourth-order valence-corrected chi connectivity index (χ4v) is 6.73. The summed E-state index contributed by atoms with van der Waals surface area (Å²) in [5, 5.41) is 0.460. The predicted octanol–water partition coefficient (Wildman–Crippen LogP) is 3.97. The number of amides is 1. The predicted molar refractivity (Wildman–Crippen MR) is 119 cm³/mol. The van der Waals surface area contributed by atoms with Crippen LogP contribution in [0.5, 0.6) is 0 Å². The normalized spacial score (nSPS) is 18.4. The Kier molecular flexibility index (Phi) is 5.85. The number of halogens is 1. The number of rotatable bonds is 4. The summed E-state index contributed by atoms with van der Waals surface area (Å²) in [6, 6.07) is 11.3. The van der Waals surface area contributed by atoms with Gasteiger partial charge in [-0.15, -0.1) is 0 Å². The molecular formula is C21H22ClN3O3S2. The van der Waals surface area contributed by atoms with E-state index in [2.05, 4.69) is 11.1 Å². The van der Waals surface area contributed by atoms with Gasteiger partial charge in [0.05, 0.1) is 15.1 Å². The van der Waals surface area contributed by atoms with Crippen molar-refractivity contribution in [1.82, 2.24) is 8.87 Å². The molecule has 3 aromatic rings. The summed E-state index contributed by atoms with van der Waals surface area (Å²) >= 11 is 7.33. The van der Waals surface area contributed by atoms with E-state index in [4.69, 9.17) is 11.6 Å². The van der Waals surface area contributed by atoms with E-state index >= 15 is 0 Å². The van der Waals surface area contributed by atoms with Crippen molar-refractivity contribution >= 4 is 49.1 Å². The second kappa shape index (κ2) is 8.26. The van der Waals surface area contributed by atoms with Crippen LogP contribution in [0.2, 0.25) is 5.02 Å². The SMILES string of the molecule is CCn1c(=NC(=O)C2CCCN2S(=O)(=O)c2ccc(Cl)cc2)sc2cc(C)ccc21. The zero-order chi connectivity index (χ0) is 21.5. The summed E-state index contributed by atoms with van der Waals surface area (Å²) in [7, 11) is -3.80. The standard InChI is InChI=1S/C21H22ClN3O3S2/c1-3-24-17-11-6-14(2)13-19(17)29-21(24)23-20(26)18-5-4-12-25(18)30(27,28)16-9-7-15(22)8-10-16/h6-11,13,18H,3-5,12H2,1-2H3. The van der Waals surface area contributed by atoms with Crippen molar-refractivity contribution in [2.24, 2.45) is 4.99 Å². The van der Waals surface area contributed by atoms with E-state index in [9.17, 15) is 13.2 Å². The Bertz CT molecular complexity index is 1280. The maximum atomic E-state index is 13.1. The van der Waals surface area contributed by atoms with Crippen molar-refractivity contribution in [2.75, 3.05) is 6.54 Å². The number of carbonyl (C=O) groups excluding carboxylic acids is 1. The number of aromatic nitrogens is 1. The number of hydrogen-bond donors (Lipinski definition) is 0. The molecule has 2 aromatic carbocycles. The van der Waals surface area contributed by atoms with Crippen LogP contribution in [-0.4, -0.2) is 35.8 Å². The molecule has 1 amide bonds. The first-order valence-electron chi connectivity index (χ1n) is 9.77. The third-order valence-corrected chi connectivity index (χ3v) is 8.48. The monoisotopic (exact) mass is 463 g/mol. The van der Waals surface area contributed by atoms with Crippen molar-refractivity contribution in [3.05, 3.63) is 57.9 Å². The second-order valence-electron chi connectivity index (χ2n) is 7.28. The van der Waals surface area contributed by atoms with Crippen molar-refractivity contribution in [1.29, 1.82) is 0 Å². The molecule has 0 saturated carbocycles. The molecular weight excluding hydrogens is 442 g/mol. The second-order valence-corrected chi connectivity index (χ2v) is 10.6. The van der Waals surface area contributed by atoms with Gasteiger partial charge in [-0.25, -0.2) is 8.42 Å². The molecule has 1 fully saturated rings. The Labute approximate surface area is 184 Å². The zero-order valence-electron chi connectivity index (χ0n) is 16.7. The first-order chi connectivity index (χ1) is 14.3. The molecule has 0 radical (unpaired) electrons. The molecule has 0 aliphatic carbocycles. The van der Waals surface area contributed by atoms with Crippen LogP contribution in [0.15, 0.2) is 52.4 Å². The summed E-state index contributed by atoms with van der Waals surface area (Å²) in [5.74, 6) is -0.421. The molecule has 0 bridgehead atoms. The molecule has 1 saturated heterocycles. The molecule has 1 aliphatic heterocycles. The Morgan fingerprint density at radius 3 is 2.67 bits per heavy atom. The maximum absolute atomic E-state index is 13.1. The summed E-state index contributed by atoms with van der Waals surface area (Å²) in [6.45, 7) is 5.00. The zero-order valence-corrected chi connectivity index (χ0v) is 19.1. The topological polar surface area (TPSA) is 71.7 Å². The molecule has 1 unspecified atom stereocenters. The van der Waals surface area contributed by atoms with Gasteiger partial charge < -0.3 is 4.57 Å². The van der Waals surface area contributed by atoms with Gasteiger partial charge in [0.2, 0.25) is 10.0 Å². The van der Waals surface area contributed by atoms with Crippen LogP contribution in [0.3, 0.4) is 0 Å². The average Bonchev–Trinajstić information content (AvgIpc) is 3.32. The number of sulfonamides is 1. The summed E-state index contributed by atoms with van der Waals surface area (Å²) in [5.41, 5.74) is 2.16. The first-order valence-corrected chi connectivity index (χ1v) is 12.4. The maximum Gasteiger partial charge on any atom is 0.266 e. The molecule has 158 valence electrons. The van der Waals surface area contributed by atoms with Crippen LogP contribution < -0.4 is 4.80 Å². The molecule has 9 heteroatoms. The van der Waals surface area contributed by atoms with Gasteiger partial charge in [-0.1, -0.05) is 29.0 Å². The minimum Gasteiger partial charge on any atom is -0.317 e. The van der Waals surface area contributed by atoms with E-state index in [1.54, 1.807) is 0 Å². The molecule has 0 spiro atoms. The minimum absolute atomic E-state index is 0.132. The Morgan fingerprint density at radius 1 is 1.23 bits per heavy atom. The molecule has 2 heterocycles. The number of aryl methyl sites for hydroxylation is 2. The van der Waals surface area contributed by atoms with E-state index in [1.165, 1.54) is 39.9 Å². The Hall–Kier alpha value is -2.00. The van der Waals surface area contributed by atoms with E-state index < -0.39 is 22.0 Å². The average molecular weight is 464 g/mol. The molecule has 6 nitrogen and oxygen atoms in total. The van der Waals surface area contributed by atoms with Gasteiger partial charge >= 0.3 is 0 Å². The molecule has 1 aromatic heterocycles. The number of benzene rings is 2. The van der Waals surface area contributed by atoms with Gasteiger partial charge in [0, 0.05) is 18.1 Å². The highest BCUT2D eigenvalue weighted by molar-refractivity contribution is 7.89. The van der Waals surface area contributed by atoms with E-state index in [0.717, 1.165) is 15.8 Å². The lowest BCUT2D eigenvalue weighted by atomic mass is 10.2. The smallest absolute Gasteiger partial charge is 0.266 e. The third-order valence-electron chi connectivity index (χ3n) is 5.27. The number of thiazole rings is 1. The minimum atomic E-state index is -3.80. The largest absolute Gasteiger partial charge is 0.317 e. The molecule has 1 atom stereocenters. The third kappa shape index (κ3) is 3.85. The highest BCUT2D eigenvalue weighted by Gasteiger charge is 2.39. The van der Waals surface area contributed by atoms with Crippen LogP contribution in [0.25, 0.3) is 10.2 Å². The Morgan fingerprint density at radius 2 is 1.97 bits per heavy atom. The lowest BCUT2D eigenvalue weighted by Crippen LogP contribution is -2.40. The van der Waals surface area contributed by atoms with Gasteiger partial charge in [-0.3, -0.25) is 4.79 Å². The van der Waals surface area contributed by atoms with Gasteiger partial charge in [-0.2, -0.15) is 9.30 Å². The molecule has 1 aliphatic rings. The lowest BCUT2D eigenvalue weighted by molar-refractivity contribution is -0.121. The summed E-state index contributed by atoms with van der Waals surface area (Å²) < 4.78 is 30.5. The van der Waals surface area contributed by atoms with Gasteiger partial charge in [-0.05, 0) is 68.7 Å². The molecule has 0 N–H and O–H groups in total. The van der Waals surface area contributed by atoms with Gasteiger partial charge in [0.1, 0.15) is 6.04 Å². The summed E-state index contributed by atoms with van der Waals surface area (Å²) in [6.07, 6.45) is 1.09. The quantitative estimate of drug-likeness (QED) is 0.587. The van der Waals surface area contributed by atoms with Crippen molar-refractivity contribution in [2.45, 2.75) is 44.2 Å². The van der Waals surface area contributed by atoms with Crippen LogP contribution in [0.1, 0.15) is 25.3 Å². The summed E-state index contributed by atoms with van der Waals surface area (Å²) in [4.78, 5) is 18.2. The lowest BCUT2D eigenvalue weighted by Gasteiger charge is -2.21. The highest BCUT2D eigenvalue weighted by atomic mass is 35.5. The van der Waals surface area contributed by atoms with E-state index in [-0.39, 0.29) is 4.90 Å². The Balaban J connectivity index is 1.71. The van der Waals surface area contributed by atoms with Crippen molar-refractivity contribution in [3.8, 4) is 0 Å². The van der Waals surface area contributed by atoms with Crippen LogP contribution >= 0.6 is 22.9 Å². The van der Waals surface area contributed by atoms with Crippen LogP contribution in [-0.2, 0) is 21.4 Å². The molecule has 4 rings (SSSR count). The number of nitrogens with zero attached hydrogens (tertiary/aromatic N) is 3. The van der Waals surface area contributed by atoms with E-state index in [0.29, 0.717) is 35.8 Å². The fourth-order valence-electron chi connectivity index (χ4n) is 3.76. The van der Waals surface area contributed by atoms with Crippen molar-refractivity contribution < 1.29 is 13.2 Å². The van der Waals surface area contributed by atoms with Gasteiger partial charge in [0.25, 0.3) is 5.91 Å². The number of carbonyl (C=O) groups is 1. The first kappa shape index (κ1) is 21.2. The van der Waals surface area contributed by atoms with Crippen molar-refractivity contribution in [3.63, 3.8) is 0 Å². The number of hydrogen-bond acceptors (Lipinski definition) is 4. The molecule has 30 heavy (non-hydrogen) atoms. The van der Waals surface area contributed by atoms with E-state index in [1.807, 2.05) is 30.5 Å². The van der Waals surface area contributed by atoms with Crippen LogP contribution in [0, 0.1) is 6.92 Å². The number of fused-ring (bicyclic) bond motifs is 1. The van der Waals surface area contributed by atoms with Crippen LogP contribution in [0.4, 0.5) is 0 Å². The highest BCUT2D eigenvalue weighted by Crippen LogP contribution is 2.28.